The topological polar surface area (TPSA) is 84.2 Å². The Morgan fingerprint density at radius 2 is 2.20 bits per heavy atom. The fraction of sp³-hybridized carbons (Fsp3) is 0.429. The van der Waals surface area contributed by atoms with E-state index in [4.69, 9.17) is 5.73 Å². The minimum Gasteiger partial charge on any atom is -0.366 e. The molecule has 6 heteroatoms. The Balaban J connectivity index is 2.19. The maximum Gasteiger partial charge on any atom is 0.248 e. The van der Waals surface area contributed by atoms with Crippen LogP contribution in [0.25, 0.3) is 0 Å². The van der Waals surface area contributed by atoms with Gasteiger partial charge in [0.15, 0.2) is 0 Å². The number of halogens is 1. The van der Waals surface area contributed by atoms with Gasteiger partial charge in [0.25, 0.3) is 0 Å². The minimum absolute atomic E-state index is 0.0465. The van der Waals surface area contributed by atoms with E-state index >= 15 is 0 Å². The van der Waals surface area contributed by atoms with Gasteiger partial charge in [-0.05, 0) is 38.4 Å². The molecule has 1 aromatic rings. The van der Waals surface area contributed by atoms with Crippen molar-refractivity contribution in [2.24, 2.45) is 11.7 Å². The maximum atomic E-state index is 13.7. The molecule has 1 aromatic carbocycles. The molecule has 1 heterocycles. The third kappa shape index (κ3) is 3.14. The second-order valence-electron chi connectivity index (χ2n) is 5.03. The quantitative estimate of drug-likeness (QED) is 0.776. The molecule has 1 saturated heterocycles. The minimum atomic E-state index is -0.723. The van der Waals surface area contributed by atoms with Gasteiger partial charge in [-0.2, -0.15) is 0 Å². The van der Waals surface area contributed by atoms with Crippen LogP contribution in [0.1, 0.15) is 28.8 Å². The number of primary amides is 1. The van der Waals surface area contributed by atoms with Crippen molar-refractivity contribution in [3.05, 3.63) is 29.1 Å². The summed E-state index contributed by atoms with van der Waals surface area (Å²) in [6.45, 7) is 3.08. The Kier molecular flexibility index (Phi) is 4.34. The fourth-order valence-electron chi connectivity index (χ4n) is 2.26. The van der Waals surface area contributed by atoms with Gasteiger partial charge in [0, 0.05) is 23.4 Å². The molecule has 108 valence electrons. The average molecular weight is 279 g/mol. The third-order valence-corrected chi connectivity index (χ3v) is 3.55. The van der Waals surface area contributed by atoms with E-state index in [1.54, 1.807) is 6.92 Å². The zero-order chi connectivity index (χ0) is 14.7. The molecule has 0 bridgehead atoms. The smallest absolute Gasteiger partial charge is 0.248 e. The number of carbonyl (C=O) groups excluding carboxylic acids is 2. The van der Waals surface area contributed by atoms with Gasteiger partial charge in [-0.25, -0.2) is 4.39 Å². The van der Waals surface area contributed by atoms with Crippen LogP contribution in [0.15, 0.2) is 12.1 Å². The van der Waals surface area contributed by atoms with Crippen molar-refractivity contribution in [3.63, 3.8) is 0 Å². The monoisotopic (exact) mass is 279 g/mol. The standard InChI is InChI=1S/C14H18FN3O2/c1-8-11(15)5-10(13(16)19)6-12(8)18-14(20)9-3-2-4-17-7-9/h5-6,9,17H,2-4,7H2,1H3,(H2,16,19)(H,18,20). The zero-order valence-electron chi connectivity index (χ0n) is 11.3. The summed E-state index contributed by atoms with van der Waals surface area (Å²) < 4.78 is 13.7. The Bertz CT molecular complexity index is 539. The molecule has 2 amide bonds. The number of hydrogen-bond donors (Lipinski definition) is 3. The van der Waals surface area contributed by atoms with Crippen molar-refractivity contribution in [3.8, 4) is 0 Å². The van der Waals surface area contributed by atoms with Crippen LogP contribution in [0.4, 0.5) is 10.1 Å². The van der Waals surface area contributed by atoms with Crippen molar-refractivity contribution in [1.29, 1.82) is 0 Å². The van der Waals surface area contributed by atoms with Gasteiger partial charge in [-0.15, -0.1) is 0 Å². The lowest BCUT2D eigenvalue weighted by Gasteiger charge is -2.22. The lowest BCUT2D eigenvalue weighted by Crippen LogP contribution is -2.37. The molecule has 4 N–H and O–H groups in total. The van der Waals surface area contributed by atoms with E-state index in [0.29, 0.717) is 17.8 Å². The summed E-state index contributed by atoms with van der Waals surface area (Å²) in [4.78, 5) is 23.3. The number of nitrogens with two attached hydrogens (primary N) is 1. The highest BCUT2D eigenvalue weighted by Gasteiger charge is 2.22. The van der Waals surface area contributed by atoms with Crippen LogP contribution in [-0.4, -0.2) is 24.9 Å². The van der Waals surface area contributed by atoms with Gasteiger partial charge in [-0.3, -0.25) is 9.59 Å². The van der Waals surface area contributed by atoms with Crippen molar-refractivity contribution in [2.45, 2.75) is 19.8 Å². The van der Waals surface area contributed by atoms with Crippen LogP contribution >= 0.6 is 0 Å². The molecule has 1 aliphatic heterocycles. The summed E-state index contributed by atoms with van der Waals surface area (Å²) in [5.41, 5.74) is 5.79. The summed E-state index contributed by atoms with van der Waals surface area (Å²) in [5.74, 6) is -1.58. The van der Waals surface area contributed by atoms with E-state index in [-0.39, 0.29) is 17.4 Å². The summed E-state index contributed by atoms with van der Waals surface area (Å²) in [7, 11) is 0. The molecule has 5 nitrogen and oxygen atoms in total. The summed E-state index contributed by atoms with van der Waals surface area (Å²) in [6, 6.07) is 2.49. The van der Waals surface area contributed by atoms with E-state index < -0.39 is 11.7 Å². The molecule has 20 heavy (non-hydrogen) atoms. The van der Waals surface area contributed by atoms with E-state index in [9.17, 15) is 14.0 Å². The molecule has 2 rings (SSSR count). The first-order valence-corrected chi connectivity index (χ1v) is 6.60. The molecule has 1 fully saturated rings. The molecular weight excluding hydrogens is 261 g/mol. The highest BCUT2D eigenvalue weighted by molar-refractivity contribution is 5.97. The lowest BCUT2D eigenvalue weighted by molar-refractivity contribution is -0.120. The number of rotatable bonds is 3. The Morgan fingerprint density at radius 3 is 2.80 bits per heavy atom. The van der Waals surface area contributed by atoms with Crippen molar-refractivity contribution in [1.82, 2.24) is 5.32 Å². The van der Waals surface area contributed by atoms with Gasteiger partial charge in [0.1, 0.15) is 5.82 Å². The highest BCUT2D eigenvalue weighted by Crippen LogP contribution is 2.22. The van der Waals surface area contributed by atoms with Gasteiger partial charge in [0.05, 0.1) is 5.92 Å². The zero-order valence-corrected chi connectivity index (χ0v) is 11.3. The highest BCUT2D eigenvalue weighted by atomic mass is 19.1. The van der Waals surface area contributed by atoms with Crippen LogP contribution in [0.3, 0.4) is 0 Å². The molecule has 0 saturated carbocycles. The lowest BCUT2D eigenvalue weighted by atomic mass is 9.98. The van der Waals surface area contributed by atoms with Crippen LogP contribution in [-0.2, 0) is 4.79 Å². The molecule has 0 radical (unpaired) electrons. The maximum absolute atomic E-state index is 13.7. The molecule has 0 spiro atoms. The summed E-state index contributed by atoms with van der Waals surface area (Å²) >= 11 is 0. The molecule has 1 atom stereocenters. The second-order valence-corrected chi connectivity index (χ2v) is 5.03. The normalized spacial score (nSPS) is 18.6. The van der Waals surface area contributed by atoms with Crippen molar-refractivity contribution in [2.75, 3.05) is 18.4 Å². The van der Waals surface area contributed by atoms with E-state index in [1.807, 2.05) is 0 Å². The molecular formula is C14H18FN3O2. The summed E-state index contributed by atoms with van der Waals surface area (Å²) in [5, 5.41) is 5.84. The van der Waals surface area contributed by atoms with Gasteiger partial charge in [0.2, 0.25) is 11.8 Å². The Hall–Kier alpha value is -1.95. The molecule has 0 aromatic heterocycles. The van der Waals surface area contributed by atoms with E-state index in [0.717, 1.165) is 25.5 Å². The van der Waals surface area contributed by atoms with Crippen molar-refractivity contribution < 1.29 is 14.0 Å². The largest absolute Gasteiger partial charge is 0.366 e. The number of anilines is 1. The Labute approximate surface area is 116 Å². The van der Waals surface area contributed by atoms with E-state index in [1.165, 1.54) is 6.07 Å². The number of amides is 2. The molecule has 1 aliphatic rings. The first-order valence-electron chi connectivity index (χ1n) is 6.60. The average Bonchev–Trinajstić information content (AvgIpc) is 2.44. The number of piperidine rings is 1. The Morgan fingerprint density at radius 1 is 1.45 bits per heavy atom. The number of nitrogens with one attached hydrogen (secondary N) is 2. The molecule has 1 unspecified atom stereocenters. The van der Waals surface area contributed by atoms with Gasteiger partial charge in [-0.1, -0.05) is 0 Å². The third-order valence-electron chi connectivity index (χ3n) is 3.55. The number of hydrogen-bond acceptors (Lipinski definition) is 3. The first kappa shape index (κ1) is 14.5. The SMILES string of the molecule is Cc1c(F)cc(C(N)=O)cc1NC(=O)C1CCCNC1. The van der Waals surface area contributed by atoms with Crippen LogP contribution in [0, 0.1) is 18.7 Å². The van der Waals surface area contributed by atoms with Crippen LogP contribution in [0.2, 0.25) is 0 Å². The van der Waals surface area contributed by atoms with Gasteiger partial charge < -0.3 is 16.4 Å². The van der Waals surface area contributed by atoms with E-state index in [2.05, 4.69) is 10.6 Å². The van der Waals surface area contributed by atoms with Crippen molar-refractivity contribution >= 4 is 17.5 Å². The predicted molar refractivity (Wildman–Crippen MR) is 73.9 cm³/mol. The number of carbonyl (C=O) groups is 2. The van der Waals surface area contributed by atoms with Crippen LogP contribution in [0.5, 0.6) is 0 Å². The molecule has 0 aliphatic carbocycles. The first-order chi connectivity index (χ1) is 9.49. The fourth-order valence-corrected chi connectivity index (χ4v) is 2.26. The predicted octanol–water partition coefficient (Wildman–Crippen LogP) is 1.17. The second kappa shape index (κ2) is 6.00. The number of benzene rings is 1. The van der Waals surface area contributed by atoms with Crippen LogP contribution < -0.4 is 16.4 Å². The summed E-state index contributed by atoms with van der Waals surface area (Å²) in [6.07, 6.45) is 1.74. The van der Waals surface area contributed by atoms with Gasteiger partial charge >= 0.3 is 0 Å².